The van der Waals surface area contributed by atoms with Gasteiger partial charge in [-0.2, -0.15) is 0 Å². The Balaban J connectivity index is 2.22. The first-order chi connectivity index (χ1) is 19.0. The lowest BCUT2D eigenvalue weighted by atomic mass is 9.79. The number of carbonyl (C=O) groups excluding carboxylic acids is 2. The third-order valence-electron chi connectivity index (χ3n) is 6.99. The molecule has 1 aliphatic heterocycles. The highest BCUT2D eigenvalue weighted by molar-refractivity contribution is 6.16. The maximum absolute atomic E-state index is 13.4. The number of aromatic hydroxyl groups is 1. The lowest BCUT2D eigenvalue weighted by molar-refractivity contribution is -0.222. The zero-order valence-electron chi connectivity index (χ0n) is 26.2. The first kappa shape index (κ1) is 32.0. The third kappa shape index (κ3) is 8.24. The number of pyridine rings is 1. The molecule has 0 bridgehead atoms. The summed E-state index contributed by atoms with van der Waals surface area (Å²) >= 11 is 0. The Bertz CT molecular complexity index is 1210. The fourth-order valence-electron chi connectivity index (χ4n) is 4.82. The number of ether oxygens (including phenoxy) is 2. The summed E-state index contributed by atoms with van der Waals surface area (Å²) in [5.74, 6) is -2.33. The van der Waals surface area contributed by atoms with Gasteiger partial charge in [-0.3, -0.25) is 4.98 Å². The van der Waals surface area contributed by atoms with E-state index in [0.29, 0.717) is 24.6 Å². The van der Waals surface area contributed by atoms with Crippen molar-refractivity contribution >= 4 is 17.6 Å². The van der Waals surface area contributed by atoms with E-state index in [1.807, 2.05) is 76.8 Å². The summed E-state index contributed by atoms with van der Waals surface area (Å²) in [4.78, 5) is 33.2. The largest absolute Gasteiger partial charge is 0.507 e. The number of cyclic esters (lactones) is 2. The van der Waals surface area contributed by atoms with Gasteiger partial charge in [-0.05, 0) is 41.5 Å². The van der Waals surface area contributed by atoms with Crippen LogP contribution < -0.4 is 5.32 Å². The van der Waals surface area contributed by atoms with Gasteiger partial charge in [-0.1, -0.05) is 73.8 Å². The number of nitrogens with one attached hydrogen (secondary N) is 1. The van der Waals surface area contributed by atoms with Crippen LogP contribution in [0.25, 0.3) is 0 Å². The first-order valence-electron chi connectivity index (χ1n) is 14.5. The molecule has 41 heavy (non-hydrogen) atoms. The fraction of sp³-hybridized carbons (Fsp3) is 0.545. The molecular formula is C33H47N3O5. The van der Waals surface area contributed by atoms with Gasteiger partial charge in [0.25, 0.3) is 5.79 Å². The van der Waals surface area contributed by atoms with Gasteiger partial charge in [-0.25, -0.2) is 9.59 Å². The predicted octanol–water partition coefficient (Wildman–Crippen LogP) is 6.92. The van der Waals surface area contributed by atoms with Gasteiger partial charge in [0.15, 0.2) is 5.57 Å². The van der Waals surface area contributed by atoms with Gasteiger partial charge in [-0.15, -0.1) is 0 Å². The average molecular weight is 566 g/mol. The number of benzene rings is 1. The number of phenolic OH excluding ortho intramolecular Hbond substituents is 1. The predicted molar refractivity (Wildman–Crippen MR) is 161 cm³/mol. The van der Waals surface area contributed by atoms with Gasteiger partial charge in [0.2, 0.25) is 0 Å². The summed E-state index contributed by atoms with van der Waals surface area (Å²) in [6.07, 6.45) is 5.74. The normalized spacial score (nSPS) is 15.3. The summed E-state index contributed by atoms with van der Waals surface area (Å²) in [6, 6.07) is 9.44. The Kier molecular flexibility index (Phi) is 9.77. The molecule has 0 saturated carbocycles. The molecule has 2 aromatic rings. The van der Waals surface area contributed by atoms with E-state index >= 15 is 0 Å². The minimum absolute atomic E-state index is 0.196. The Hall–Kier alpha value is -3.55. The molecule has 1 aromatic heterocycles. The molecule has 2 N–H and O–H groups in total. The minimum Gasteiger partial charge on any atom is -0.507 e. The number of nitrogens with zero attached hydrogens (tertiary/aromatic N) is 2. The van der Waals surface area contributed by atoms with Crippen molar-refractivity contribution in [1.29, 1.82) is 0 Å². The van der Waals surface area contributed by atoms with Crippen molar-refractivity contribution in [2.24, 2.45) is 0 Å². The Morgan fingerprint density at radius 1 is 0.951 bits per heavy atom. The van der Waals surface area contributed by atoms with Crippen molar-refractivity contribution in [2.45, 2.75) is 111 Å². The van der Waals surface area contributed by atoms with Crippen LogP contribution in [0.3, 0.4) is 0 Å². The summed E-state index contributed by atoms with van der Waals surface area (Å²) in [5.41, 5.74) is 2.02. The smallest absolute Gasteiger partial charge is 0.352 e. The van der Waals surface area contributed by atoms with E-state index in [9.17, 15) is 14.7 Å². The molecule has 8 nitrogen and oxygen atoms in total. The zero-order valence-corrected chi connectivity index (χ0v) is 26.2. The number of carbonyl (C=O) groups is 2. The van der Waals surface area contributed by atoms with Gasteiger partial charge in [0.1, 0.15) is 11.6 Å². The minimum atomic E-state index is -1.37. The second kappa shape index (κ2) is 12.5. The highest BCUT2D eigenvalue weighted by Gasteiger charge is 2.42. The number of rotatable bonds is 10. The zero-order chi connectivity index (χ0) is 30.6. The van der Waals surface area contributed by atoms with Crippen LogP contribution in [0, 0.1) is 0 Å². The lowest BCUT2D eigenvalue weighted by Gasteiger charge is -2.35. The second-order valence-electron chi connectivity index (χ2n) is 13.3. The Morgan fingerprint density at radius 2 is 1.54 bits per heavy atom. The van der Waals surface area contributed by atoms with E-state index < -0.39 is 17.7 Å². The SMILES string of the molecule is CCCCCCN(Cc1ccccn1)C(Nc1cc(C(C)(C)C)c(O)c(C(C)(C)C)c1)=C1C(=O)OC(C)(C)OC1=O. The van der Waals surface area contributed by atoms with Gasteiger partial charge in [0.05, 0.1) is 12.2 Å². The van der Waals surface area contributed by atoms with E-state index in [4.69, 9.17) is 9.47 Å². The van der Waals surface area contributed by atoms with E-state index in [2.05, 4.69) is 17.2 Å². The van der Waals surface area contributed by atoms with Crippen molar-refractivity contribution in [3.63, 3.8) is 0 Å². The number of phenols is 1. The summed E-state index contributed by atoms with van der Waals surface area (Å²) < 4.78 is 11.1. The van der Waals surface area contributed by atoms with Gasteiger partial charge in [0, 0.05) is 43.4 Å². The Morgan fingerprint density at radius 3 is 2.02 bits per heavy atom. The molecule has 3 rings (SSSR count). The van der Waals surface area contributed by atoms with E-state index in [1.165, 1.54) is 13.8 Å². The lowest BCUT2D eigenvalue weighted by Crippen LogP contribution is -2.44. The van der Waals surface area contributed by atoms with Crippen molar-refractivity contribution in [3.8, 4) is 5.75 Å². The molecule has 2 heterocycles. The second-order valence-corrected chi connectivity index (χ2v) is 13.3. The summed E-state index contributed by atoms with van der Waals surface area (Å²) in [7, 11) is 0. The topological polar surface area (TPSA) is 101 Å². The molecule has 0 atom stereocenters. The first-order valence-corrected chi connectivity index (χ1v) is 14.5. The molecule has 1 saturated heterocycles. The van der Waals surface area contributed by atoms with Crippen LogP contribution in [0.15, 0.2) is 47.9 Å². The molecule has 0 unspecified atom stereocenters. The van der Waals surface area contributed by atoms with Crippen molar-refractivity contribution < 1.29 is 24.2 Å². The van der Waals surface area contributed by atoms with E-state index in [0.717, 1.165) is 42.5 Å². The Labute approximate surface area is 245 Å². The average Bonchev–Trinajstić information content (AvgIpc) is 2.84. The molecule has 0 amide bonds. The van der Waals surface area contributed by atoms with E-state index in [-0.39, 0.29) is 22.2 Å². The van der Waals surface area contributed by atoms with Crippen molar-refractivity contribution in [2.75, 3.05) is 11.9 Å². The molecule has 0 aliphatic carbocycles. The molecule has 224 valence electrons. The van der Waals surface area contributed by atoms with Crippen LogP contribution >= 0.6 is 0 Å². The van der Waals surface area contributed by atoms with Gasteiger partial charge < -0.3 is 24.8 Å². The molecule has 1 fully saturated rings. The van der Waals surface area contributed by atoms with Crippen LogP contribution in [0.4, 0.5) is 5.69 Å². The summed E-state index contributed by atoms with van der Waals surface area (Å²) in [6.45, 7) is 18.4. The molecule has 1 aliphatic rings. The third-order valence-corrected chi connectivity index (χ3v) is 6.99. The number of esters is 2. The monoisotopic (exact) mass is 565 g/mol. The van der Waals surface area contributed by atoms with E-state index in [1.54, 1.807) is 6.20 Å². The van der Waals surface area contributed by atoms with Crippen LogP contribution in [0.1, 0.15) is 105 Å². The highest BCUT2D eigenvalue weighted by Crippen LogP contribution is 2.41. The maximum Gasteiger partial charge on any atom is 0.352 e. The van der Waals surface area contributed by atoms with Crippen molar-refractivity contribution in [1.82, 2.24) is 9.88 Å². The molecular weight excluding hydrogens is 518 g/mol. The van der Waals surface area contributed by atoms with Crippen LogP contribution in [0.5, 0.6) is 5.75 Å². The fourth-order valence-corrected chi connectivity index (χ4v) is 4.82. The molecule has 0 radical (unpaired) electrons. The van der Waals surface area contributed by atoms with Crippen LogP contribution in [-0.2, 0) is 36.4 Å². The van der Waals surface area contributed by atoms with Gasteiger partial charge >= 0.3 is 11.9 Å². The number of unbranched alkanes of at least 4 members (excludes halogenated alkanes) is 3. The maximum atomic E-state index is 13.4. The molecule has 0 spiro atoms. The summed E-state index contributed by atoms with van der Waals surface area (Å²) in [5, 5.41) is 14.7. The number of hydrogen-bond acceptors (Lipinski definition) is 8. The van der Waals surface area contributed by atoms with Crippen molar-refractivity contribution in [3.05, 3.63) is 64.7 Å². The molecule has 8 heteroatoms. The van der Waals surface area contributed by atoms with Crippen LogP contribution in [-0.4, -0.2) is 39.3 Å². The number of aromatic nitrogens is 1. The standard InChI is InChI=1S/C33H47N3O5/c1-10-11-12-15-18-36(21-22-16-13-14-17-34-22)28(26-29(38)40-33(8,9)41-30(26)39)35-23-19-24(31(2,3)4)27(37)25(20-23)32(5,6)7/h13-14,16-17,19-20,35,37H,10-12,15,18,21H2,1-9H3. The number of hydrogen-bond donors (Lipinski definition) is 2. The number of anilines is 1. The highest BCUT2D eigenvalue weighted by atomic mass is 16.7. The quantitative estimate of drug-likeness (QED) is 0.105. The molecule has 1 aromatic carbocycles. The van der Waals surface area contributed by atoms with Crippen LogP contribution in [0.2, 0.25) is 0 Å².